The maximum absolute atomic E-state index is 11.6. The van der Waals surface area contributed by atoms with Gasteiger partial charge in [-0.15, -0.1) is 0 Å². The third-order valence-corrected chi connectivity index (χ3v) is 2.47. The Kier molecular flexibility index (Phi) is 5.67. The summed E-state index contributed by atoms with van der Waals surface area (Å²) in [6.07, 6.45) is 0.298. The Hall–Kier alpha value is -1.91. The molecule has 0 unspecified atom stereocenters. The molecule has 0 aliphatic heterocycles. The lowest BCUT2D eigenvalue weighted by Crippen LogP contribution is -2.25. The highest BCUT2D eigenvalue weighted by molar-refractivity contribution is 5.71. The maximum atomic E-state index is 11.6. The number of anilines is 1. The van der Waals surface area contributed by atoms with Gasteiger partial charge in [0.25, 0.3) is 0 Å². The Labute approximate surface area is 120 Å². The number of carbonyl (C=O) groups excluding carboxylic acids is 1. The third-order valence-electron chi connectivity index (χ3n) is 2.47. The Morgan fingerprint density at radius 2 is 1.90 bits per heavy atom. The van der Waals surface area contributed by atoms with Gasteiger partial charge in [0.2, 0.25) is 0 Å². The molecule has 5 nitrogen and oxygen atoms in total. The second-order valence-corrected chi connectivity index (χ2v) is 5.33. The number of esters is 1. The number of ether oxygens (including phenoxy) is 3. The average molecular weight is 281 g/mol. The van der Waals surface area contributed by atoms with Crippen LogP contribution in [0.2, 0.25) is 0 Å². The van der Waals surface area contributed by atoms with Gasteiger partial charge in [-0.1, -0.05) is 0 Å². The van der Waals surface area contributed by atoms with Gasteiger partial charge in [0.05, 0.1) is 26.3 Å². The summed E-state index contributed by atoms with van der Waals surface area (Å²) < 4.78 is 15.6. The van der Waals surface area contributed by atoms with E-state index in [0.717, 1.165) is 11.4 Å². The van der Waals surface area contributed by atoms with E-state index in [1.54, 1.807) is 20.3 Å². The first-order chi connectivity index (χ1) is 9.35. The molecule has 0 aromatic heterocycles. The molecule has 0 radical (unpaired) electrons. The van der Waals surface area contributed by atoms with Gasteiger partial charge < -0.3 is 19.5 Å². The highest BCUT2D eigenvalue weighted by atomic mass is 16.6. The number of rotatable bonds is 6. The van der Waals surface area contributed by atoms with Gasteiger partial charge in [-0.3, -0.25) is 4.79 Å². The topological polar surface area (TPSA) is 56.8 Å². The molecule has 1 N–H and O–H groups in total. The third kappa shape index (κ3) is 5.38. The number of hydrogen-bond donors (Lipinski definition) is 1. The first-order valence-corrected chi connectivity index (χ1v) is 6.53. The van der Waals surface area contributed by atoms with Gasteiger partial charge in [0.15, 0.2) is 0 Å². The molecule has 0 aliphatic rings. The van der Waals surface area contributed by atoms with Crippen molar-refractivity contribution in [3.63, 3.8) is 0 Å². The van der Waals surface area contributed by atoms with Crippen molar-refractivity contribution in [1.29, 1.82) is 0 Å². The zero-order valence-electron chi connectivity index (χ0n) is 12.8. The SMILES string of the molecule is COc1ccc(NCCC(=O)OC(C)(C)C)c(OC)c1. The van der Waals surface area contributed by atoms with E-state index >= 15 is 0 Å². The fraction of sp³-hybridized carbons (Fsp3) is 0.533. The largest absolute Gasteiger partial charge is 0.497 e. The van der Waals surface area contributed by atoms with Crippen molar-refractivity contribution in [2.75, 3.05) is 26.1 Å². The normalized spacial score (nSPS) is 10.8. The molecule has 0 saturated heterocycles. The molecule has 0 fully saturated rings. The van der Waals surface area contributed by atoms with Crippen LogP contribution in [0.4, 0.5) is 5.69 Å². The second kappa shape index (κ2) is 7.03. The predicted molar refractivity (Wildman–Crippen MR) is 78.5 cm³/mol. The summed E-state index contributed by atoms with van der Waals surface area (Å²) >= 11 is 0. The van der Waals surface area contributed by atoms with E-state index in [0.29, 0.717) is 18.7 Å². The molecule has 1 aromatic carbocycles. The summed E-state index contributed by atoms with van der Waals surface area (Å²) in [5, 5.41) is 3.15. The Morgan fingerprint density at radius 1 is 1.20 bits per heavy atom. The fourth-order valence-corrected chi connectivity index (χ4v) is 1.64. The predicted octanol–water partition coefficient (Wildman–Crippen LogP) is 2.85. The first kappa shape index (κ1) is 16.1. The lowest BCUT2D eigenvalue weighted by Gasteiger charge is -2.19. The van der Waals surface area contributed by atoms with Crippen LogP contribution < -0.4 is 14.8 Å². The minimum atomic E-state index is -0.450. The van der Waals surface area contributed by atoms with Crippen LogP contribution in [0.25, 0.3) is 0 Å². The zero-order chi connectivity index (χ0) is 15.2. The summed E-state index contributed by atoms with van der Waals surface area (Å²) in [4.78, 5) is 11.6. The van der Waals surface area contributed by atoms with Crippen LogP contribution in [0.3, 0.4) is 0 Å². The lowest BCUT2D eigenvalue weighted by molar-refractivity contribution is -0.154. The molecule has 0 amide bonds. The smallest absolute Gasteiger partial charge is 0.308 e. The fourth-order valence-electron chi connectivity index (χ4n) is 1.64. The van der Waals surface area contributed by atoms with Crippen molar-refractivity contribution in [3.8, 4) is 11.5 Å². The van der Waals surface area contributed by atoms with Crippen LogP contribution in [0, 0.1) is 0 Å². The maximum Gasteiger partial charge on any atom is 0.308 e. The van der Waals surface area contributed by atoms with Gasteiger partial charge in [0, 0.05) is 12.6 Å². The molecule has 5 heteroatoms. The van der Waals surface area contributed by atoms with E-state index in [2.05, 4.69) is 5.32 Å². The van der Waals surface area contributed by atoms with Gasteiger partial charge in [-0.25, -0.2) is 0 Å². The monoisotopic (exact) mass is 281 g/mol. The molecule has 20 heavy (non-hydrogen) atoms. The Balaban J connectivity index is 2.52. The lowest BCUT2D eigenvalue weighted by atomic mass is 10.2. The van der Waals surface area contributed by atoms with Crippen LogP contribution in [0.1, 0.15) is 27.2 Å². The van der Waals surface area contributed by atoms with Crippen molar-refractivity contribution in [2.45, 2.75) is 32.8 Å². The standard InChI is InChI=1S/C15H23NO4/c1-15(2,3)20-14(17)8-9-16-12-7-6-11(18-4)10-13(12)19-5/h6-7,10,16H,8-9H2,1-5H3. The first-order valence-electron chi connectivity index (χ1n) is 6.53. The number of benzene rings is 1. The Morgan fingerprint density at radius 3 is 2.45 bits per heavy atom. The molecule has 0 saturated carbocycles. The van der Waals surface area contributed by atoms with E-state index in [-0.39, 0.29) is 5.97 Å². The van der Waals surface area contributed by atoms with E-state index in [4.69, 9.17) is 14.2 Å². The van der Waals surface area contributed by atoms with Crippen molar-refractivity contribution in [2.24, 2.45) is 0 Å². The zero-order valence-corrected chi connectivity index (χ0v) is 12.8. The van der Waals surface area contributed by atoms with Crippen molar-refractivity contribution >= 4 is 11.7 Å². The minimum absolute atomic E-state index is 0.225. The summed E-state index contributed by atoms with van der Waals surface area (Å²) in [6, 6.07) is 5.47. The summed E-state index contributed by atoms with van der Waals surface area (Å²) in [6.45, 7) is 6.04. The number of nitrogens with one attached hydrogen (secondary N) is 1. The quantitative estimate of drug-likeness (QED) is 0.813. The summed E-state index contributed by atoms with van der Waals surface area (Å²) in [5.41, 5.74) is 0.367. The van der Waals surface area contributed by atoms with Crippen LogP contribution in [-0.2, 0) is 9.53 Å². The van der Waals surface area contributed by atoms with Gasteiger partial charge in [-0.05, 0) is 32.9 Å². The van der Waals surface area contributed by atoms with E-state index in [9.17, 15) is 4.79 Å². The molecule has 0 aliphatic carbocycles. The van der Waals surface area contributed by atoms with Crippen LogP contribution in [0.5, 0.6) is 11.5 Å². The summed E-state index contributed by atoms with van der Waals surface area (Å²) in [5.74, 6) is 1.17. The van der Waals surface area contributed by atoms with E-state index in [1.807, 2.05) is 32.9 Å². The van der Waals surface area contributed by atoms with E-state index in [1.165, 1.54) is 0 Å². The molecule has 0 heterocycles. The van der Waals surface area contributed by atoms with Crippen LogP contribution in [0.15, 0.2) is 18.2 Å². The minimum Gasteiger partial charge on any atom is -0.497 e. The molecule has 1 rings (SSSR count). The van der Waals surface area contributed by atoms with Crippen molar-refractivity contribution < 1.29 is 19.0 Å². The number of carbonyl (C=O) groups is 1. The Bertz CT molecular complexity index is 452. The van der Waals surface area contributed by atoms with Crippen molar-refractivity contribution in [3.05, 3.63) is 18.2 Å². The molecular weight excluding hydrogens is 258 g/mol. The molecule has 1 aromatic rings. The highest BCUT2D eigenvalue weighted by Gasteiger charge is 2.15. The molecular formula is C15H23NO4. The molecule has 0 bridgehead atoms. The average Bonchev–Trinajstić information content (AvgIpc) is 2.36. The van der Waals surface area contributed by atoms with Crippen molar-refractivity contribution in [1.82, 2.24) is 0 Å². The van der Waals surface area contributed by atoms with Crippen LogP contribution >= 0.6 is 0 Å². The van der Waals surface area contributed by atoms with Gasteiger partial charge >= 0.3 is 5.97 Å². The molecule has 0 spiro atoms. The number of methoxy groups -OCH3 is 2. The molecule has 0 atom stereocenters. The molecule has 112 valence electrons. The van der Waals surface area contributed by atoms with Crippen LogP contribution in [-0.4, -0.2) is 32.3 Å². The van der Waals surface area contributed by atoms with Gasteiger partial charge in [-0.2, -0.15) is 0 Å². The number of hydrogen-bond acceptors (Lipinski definition) is 5. The van der Waals surface area contributed by atoms with E-state index < -0.39 is 5.60 Å². The highest BCUT2D eigenvalue weighted by Crippen LogP contribution is 2.28. The van der Waals surface area contributed by atoms with Gasteiger partial charge in [0.1, 0.15) is 17.1 Å². The summed E-state index contributed by atoms with van der Waals surface area (Å²) in [7, 11) is 3.19. The second-order valence-electron chi connectivity index (χ2n) is 5.33.